The number of nitrogens with zero attached hydrogens (tertiary/aromatic N) is 1. The molecule has 0 aromatic carbocycles. The smallest absolute Gasteiger partial charge is 0.0698 e. The van der Waals surface area contributed by atoms with Gasteiger partial charge in [0.05, 0.1) is 39.6 Å². The van der Waals surface area contributed by atoms with Gasteiger partial charge in [-0.3, -0.25) is 4.90 Å². The molecule has 5 heteroatoms. The van der Waals surface area contributed by atoms with Crippen LogP contribution in [0.2, 0.25) is 0 Å². The van der Waals surface area contributed by atoms with E-state index in [0.717, 1.165) is 19.6 Å². The van der Waals surface area contributed by atoms with Gasteiger partial charge in [-0.05, 0) is 13.0 Å². The van der Waals surface area contributed by atoms with Gasteiger partial charge in [-0.1, -0.05) is 39.0 Å². The van der Waals surface area contributed by atoms with Crippen molar-refractivity contribution in [2.24, 2.45) is 0 Å². The largest absolute Gasteiger partial charge is 0.394 e. The van der Waals surface area contributed by atoms with Crippen LogP contribution in [0.4, 0.5) is 0 Å². The molecule has 0 fully saturated rings. The quantitative estimate of drug-likeness (QED) is 0.400. The molecule has 0 amide bonds. The van der Waals surface area contributed by atoms with Gasteiger partial charge in [0, 0.05) is 13.1 Å². The average molecular weight is 305 g/mol. The summed E-state index contributed by atoms with van der Waals surface area (Å²) in [7, 11) is 0. The monoisotopic (exact) mass is 305 g/mol. The average Bonchev–Trinajstić information content (AvgIpc) is 2.50. The van der Waals surface area contributed by atoms with Crippen molar-refractivity contribution < 1.29 is 19.7 Å². The summed E-state index contributed by atoms with van der Waals surface area (Å²) in [6, 6.07) is 0. The van der Waals surface area contributed by atoms with E-state index in [2.05, 4.69) is 11.8 Å². The number of rotatable bonds is 17. The van der Waals surface area contributed by atoms with Crippen molar-refractivity contribution in [2.45, 2.75) is 45.4 Å². The Hall–Kier alpha value is -0.200. The predicted octanol–water partition coefficient (Wildman–Crippen LogP) is 1.67. The van der Waals surface area contributed by atoms with E-state index < -0.39 is 0 Å². The Morgan fingerprint density at radius 3 is 1.71 bits per heavy atom. The Morgan fingerprint density at radius 1 is 0.667 bits per heavy atom. The van der Waals surface area contributed by atoms with Gasteiger partial charge in [0.1, 0.15) is 0 Å². The maximum atomic E-state index is 8.69. The number of ether oxygens (including phenoxy) is 2. The van der Waals surface area contributed by atoms with Gasteiger partial charge < -0.3 is 19.7 Å². The lowest BCUT2D eigenvalue weighted by molar-refractivity contribution is 0.0503. The molecule has 0 saturated heterocycles. The van der Waals surface area contributed by atoms with E-state index in [-0.39, 0.29) is 13.2 Å². The normalized spacial score (nSPS) is 11.4. The van der Waals surface area contributed by atoms with Gasteiger partial charge in [0.15, 0.2) is 0 Å². The highest BCUT2D eigenvalue weighted by atomic mass is 16.5. The summed E-state index contributed by atoms with van der Waals surface area (Å²) >= 11 is 0. The minimum absolute atomic E-state index is 0.0804. The van der Waals surface area contributed by atoms with Crippen LogP contribution in [0.5, 0.6) is 0 Å². The molecule has 0 spiro atoms. The van der Waals surface area contributed by atoms with E-state index in [4.69, 9.17) is 19.7 Å². The molecule has 5 nitrogen and oxygen atoms in total. The Kier molecular flexibility index (Phi) is 17.7. The lowest BCUT2D eigenvalue weighted by atomic mass is 10.1. The minimum atomic E-state index is 0.0804. The molecule has 2 N–H and O–H groups in total. The Labute approximate surface area is 130 Å². The van der Waals surface area contributed by atoms with E-state index in [1.165, 1.54) is 38.5 Å². The molecule has 0 aliphatic carbocycles. The van der Waals surface area contributed by atoms with E-state index in [1.54, 1.807) is 0 Å². The van der Waals surface area contributed by atoms with Gasteiger partial charge >= 0.3 is 0 Å². The zero-order chi connectivity index (χ0) is 15.6. The van der Waals surface area contributed by atoms with Crippen LogP contribution in [-0.4, -0.2) is 74.4 Å². The van der Waals surface area contributed by atoms with Crippen LogP contribution < -0.4 is 0 Å². The molecule has 21 heavy (non-hydrogen) atoms. The molecule has 0 unspecified atom stereocenters. The van der Waals surface area contributed by atoms with Crippen LogP contribution >= 0.6 is 0 Å². The third-order valence-electron chi connectivity index (χ3n) is 3.40. The third-order valence-corrected chi connectivity index (χ3v) is 3.40. The first-order valence-electron chi connectivity index (χ1n) is 8.44. The number of aliphatic hydroxyl groups is 2. The highest BCUT2D eigenvalue weighted by Gasteiger charge is 2.05. The van der Waals surface area contributed by atoms with E-state index in [0.29, 0.717) is 26.4 Å². The predicted molar refractivity (Wildman–Crippen MR) is 85.6 cm³/mol. The molecule has 128 valence electrons. The van der Waals surface area contributed by atoms with Crippen LogP contribution in [-0.2, 0) is 9.47 Å². The molecule has 0 aliphatic rings. The summed E-state index contributed by atoms with van der Waals surface area (Å²) in [6.45, 7) is 7.32. The van der Waals surface area contributed by atoms with Gasteiger partial charge in [-0.25, -0.2) is 0 Å². The fourth-order valence-corrected chi connectivity index (χ4v) is 2.17. The lowest BCUT2D eigenvalue weighted by Crippen LogP contribution is -2.32. The first kappa shape index (κ1) is 20.8. The zero-order valence-corrected chi connectivity index (χ0v) is 13.8. The summed E-state index contributed by atoms with van der Waals surface area (Å²) in [6.07, 6.45) is 7.79. The fourth-order valence-electron chi connectivity index (χ4n) is 2.17. The summed E-state index contributed by atoms with van der Waals surface area (Å²) in [5.41, 5.74) is 0. The topological polar surface area (TPSA) is 62.2 Å². The van der Waals surface area contributed by atoms with Crippen molar-refractivity contribution >= 4 is 0 Å². The molecule has 0 rings (SSSR count). The first-order chi connectivity index (χ1) is 10.3. The molecule has 0 atom stereocenters. The van der Waals surface area contributed by atoms with E-state index >= 15 is 0 Å². The zero-order valence-electron chi connectivity index (χ0n) is 13.8. The lowest BCUT2D eigenvalue weighted by Gasteiger charge is -2.22. The summed E-state index contributed by atoms with van der Waals surface area (Å²) in [4.78, 5) is 2.34. The third kappa shape index (κ3) is 16.0. The highest BCUT2D eigenvalue weighted by Crippen LogP contribution is 2.06. The molecule has 0 bridgehead atoms. The molecule has 0 heterocycles. The molecule has 0 aromatic rings. The maximum Gasteiger partial charge on any atom is 0.0698 e. The minimum Gasteiger partial charge on any atom is -0.394 e. The van der Waals surface area contributed by atoms with E-state index in [9.17, 15) is 0 Å². The van der Waals surface area contributed by atoms with Crippen LogP contribution in [0, 0.1) is 0 Å². The first-order valence-corrected chi connectivity index (χ1v) is 8.44. The number of hydrogen-bond donors (Lipinski definition) is 2. The second-order valence-corrected chi connectivity index (χ2v) is 5.28. The van der Waals surface area contributed by atoms with Crippen LogP contribution in [0.1, 0.15) is 45.4 Å². The number of unbranched alkanes of at least 4 members (excludes halogenated alkanes) is 5. The van der Waals surface area contributed by atoms with Crippen molar-refractivity contribution in [2.75, 3.05) is 59.3 Å². The highest BCUT2D eigenvalue weighted by molar-refractivity contribution is 4.58. The van der Waals surface area contributed by atoms with Crippen LogP contribution in [0.3, 0.4) is 0 Å². The van der Waals surface area contributed by atoms with Gasteiger partial charge in [0.25, 0.3) is 0 Å². The summed E-state index contributed by atoms with van der Waals surface area (Å²) < 4.78 is 10.7. The molecule has 0 aromatic heterocycles. The van der Waals surface area contributed by atoms with Crippen molar-refractivity contribution in [3.63, 3.8) is 0 Å². The van der Waals surface area contributed by atoms with Gasteiger partial charge in [-0.2, -0.15) is 0 Å². The maximum absolute atomic E-state index is 8.69. The molecular formula is C16H35NO4. The summed E-state index contributed by atoms with van der Waals surface area (Å²) in [5.74, 6) is 0. The second-order valence-electron chi connectivity index (χ2n) is 5.28. The van der Waals surface area contributed by atoms with Crippen molar-refractivity contribution in [1.82, 2.24) is 4.90 Å². The van der Waals surface area contributed by atoms with Gasteiger partial charge in [-0.15, -0.1) is 0 Å². The van der Waals surface area contributed by atoms with Crippen molar-refractivity contribution in [3.05, 3.63) is 0 Å². The Morgan fingerprint density at radius 2 is 1.19 bits per heavy atom. The van der Waals surface area contributed by atoms with E-state index in [1.807, 2.05) is 0 Å². The number of hydrogen-bond acceptors (Lipinski definition) is 5. The molecule has 0 aliphatic heterocycles. The molecular weight excluding hydrogens is 270 g/mol. The Balaban J connectivity index is 3.67. The second kappa shape index (κ2) is 17.9. The summed E-state index contributed by atoms with van der Waals surface area (Å²) in [5, 5.41) is 17.4. The standard InChI is InChI=1S/C16H35NO4/c1-2-3-4-5-6-7-8-17(9-13-20-15-11-18)10-14-21-16-12-19/h18-19H,2-16H2,1H3. The number of aliphatic hydroxyl groups excluding tert-OH is 2. The molecule has 0 saturated carbocycles. The van der Waals surface area contributed by atoms with Crippen molar-refractivity contribution in [3.8, 4) is 0 Å². The van der Waals surface area contributed by atoms with Crippen LogP contribution in [0.15, 0.2) is 0 Å². The van der Waals surface area contributed by atoms with Crippen LogP contribution in [0.25, 0.3) is 0 Å². The Bertz CT molecular complexity index is 181. The SMILES string of the molecule is CCCCCCCCN(CCOCCO)CCOCCO. The fraction of sp³-hybridized carbons (Fsp3) is 1.00. The molecule has 0 radical (unpaired) electrons. The van der Waals surface area contributed by atoms with Crippen molar-refractivity contribution in [1.29, 1.82) is 0 Å². The van der Waals surface area contributed by atoms with Gasteiger partial charge in [0.2, 0.25) is 0 Å².